The van der Waals surface area contributed by atoms with Gasteiger partial charge in [0.15, 0.2) is 0 Å². The molecule has 4 nitrogen and oxygen atoms in total. The molecule has 1 radical (unpaired) electrons. The molecule has 0 amide bonds. The van der Waals surface area contributed by atoms with Crippen molar-refractivity contribution in [3.8, 4) is 28.3 Å². The summed E-state index contributed by atoms with van der Waals surface area (Å²) in [5.41, 5.74) is 9.84. The van der Waals surface area contributed by atoms with Gasteiger partial charge in [-0.1, -0.05) is 84.6 Å². The van der Waals surface area contributed by atoms with E-state index < -0.39 is 19.2 Å². The molecule has 0 saturated carbocycles. The van der Waals surface area contributed by atoms with Crippen LogP contribution in [0.5, 0.6) is 0 Å². The third kappa shape index (κ3) is 6.90. The second-order valence-electron chi connectivity index (χ2n) is 14.6. The number of hydrogen-bond acceptors (Lipinski definition) is 3. The molecule has 0 unspecified atom stereocenters. The van der Waals surface area contributed by atoms with Crippen molar-refractivity contribution in [1.29, 1.82) is 0 Å². The predicted octanol–water partition coefficient (Wildman–Crippen LogP) is 12.1. The number of benzene rings is 6. The maximum absolute atomic E-state index is 8.44. The maximum atomic E-state index is 8.44. The van der Waals surface area contributed by atoms with Crippen molar-refractivity contribution in [1.82, 2.24) is 14.5 Å². The molecule has 3 heterocycles. The molecule has 265 valence electrons. The molecule has 3 aromatic heterocycles. The summed E-state index contributed by atoms with van der Waals surface area (Å²) in [6, 6.07) is 50.0. The molecule has 0 aliphatic rings. The van der Waals surface area contributed by atoms with Gasteiger partial charge in [0.2, 0.25) is 0 Å². The SMILES string of the molecule is Cc1c[c-]c(-c2nc3ccc4ccccc4c3n2-c2ccccc2)c2oc3ccccc3c12.[2H]C(C)(C)c1cc(-c2[c-]cccc2)nc[c]1[Ge]([CH3])([CH3])[CH3].[Ir]. The molecule has 6 aromatic carbocycles. The van der Waals surface area contributed by atoms with Gasteiger partial charge in [0.05, 0.1) is 22.4 Å². The molecule has 9 aromatic rings. The minimum absolute atomic E-state index is 0. The van der Waals surface area contributed by atoms with Crippen LogP contribution in [0.1, 0.15) is 32.2 Å². The molecule has 0 N–H and O–H groups in total. The van der Waals surface area contributed by atoms with Crippen LogP contribution in [0.2, 0.25) is 17.3 Å². The zero-order chi connectivity index (χ0) is 36.9. The van der Waals surface area contributed by atoms with E-state index in [0.717, 1.165) is 72.4 Å². The first-order valence-corrected chi connectivity index (χ1v) is 25.1. The van der Waals surface area contributed by atoms with Crippen LogP contribution in [-0.2, 0) is 20.1 Å². The Balaban J connectivity index is 0.000000186. The van der Waals surface area contributed by atoms with E-state index in [-0.39, 0.29) is 20.1 Å². The fourth-order valence-electron chi connectivity index (χ4n) is 7.10. The van der Waals surface area contributed by atoms with Crippen LogP contribution in [0.3, 0.4) is 0 Å². The summed E-state index contributed by atoms with van der Waals surface area (Å²) in [4.78, 5) is 9.75. The number of aromatic nitrogens is 3. The summed E-state index contributed by atoms with van der Waals surface area (Å²) >= 11 is -2.03. The standard InChI is InChI=1S/C30H19N2O.C17H22GeN.Ir/c1-19-15-17-24(29-27(19)23-13-7-8-14-26(23)33-29)30-31-25-18-16-20-9-5-6-12-22(20)28(25)32(30)21-10-3-2-4-11-21;1-13(2)15-11-17(14-9-7-6-8-10-14)19-12-16(15)18(3,4)5;/h2-16,18H,1H3;6-9,11-13H,1-5H3;/q2*-1;/i;13D;. The predicted molar refractivity (Wildman–Crippen MR) is 220 cm³/mol. The number of hydrogen-bond donors (Lipinski definition) is 0. The van der Waals surface area contributed by atoms with Gasteiger partial charge >= 0.3 is 120 Å². The number of imidazole rings is 1. The molecule has 0 aliphatic carbocycles. The Morgan fingerprint density at radius 2 is 1.53 bits per heavy atom. The Hall–Kier alpha value is -4.81. The molecule has 0 bridgehead atoms. The fourth-order valence-corrected chi connectivity index (χ4v) is 10.4. The summed E-state index contributed by atoms with van der Waals surface area (Å²) in [6.45, 7) is 6.02. The van der Waals surface area contributed by atoms with Crippen molar-refractivity contribution >= 4 is 61.4 Å². The molecule has 0 spiro atoms. The molecule has 6 heteroatoms. The summed E-state index contributed by atoms with van der Waals surface area (Å²) in [5.74, 6) is 7.28. The normalized spacial score (nSPS) is 12.1. The number of pyridine rings is 1. The van der Waals surface area contributed by atoms with Crippen molar-refractivity contribution in [3.63, 3.8) is 0 Å². The van der Waals surface area contributed by atoms with Gasteiger partial charge in [0.25, 0.3) is 0 Å². The van der Waals surface area contributed by atoms with Gasteiger partial charge in [-0.2, -0.15) is 0 Å². The van der Waals surface area contributed by atoms with Crippen molar-refractivity contribution in [2.75, 3.05) is 0 Å². The number of fused-ring (bicyclic) bond motifs is 6. The number of furan rings is 1. The number of nitrogens with zero attached hydrogens (tertiary/aromatic N) is 3. The summed E-state index contributed by atoms with van der Waals surface area (Å²) < 4.78 is 18.4. The Kier molecular flexibility index (Phi) is 9.91. The van der Waals surface area contributed by atoms with Gasteiger partial charge in [-0.3, -0.25) is 4.98 Å². The van der Waals surface area contributed by atoms with E-state index in [1.54, 1.807) is 0 Å². The van der Waals surface area contributed by atoms with Crippen LogP contribution in [-0.4, -0.2) is 27.8 Å². The van der Waals surface area contributed by atoms with Crippen molar-refractivity contribution in [2.24, 2.45) is 0 Å². The first-order valence-electron chi connectivity index (χ1n) is 18.3. The molecule has 9 rings (SSSR count). The van der Waals surface area contributed by atoms with E-state index in [1.165, 1.54) is 15.2 Å². The monoisotopic (exact) mass is 931 g/mol. The smallest absolute Gasteiger partial charge is 0 e. The van der Waals surface area contributed by atoms with Crippen LogP contribution >= 0.6 is 0 Å². The van der Waals surface area contributed by atoms with E-state index in [2.05, 4.69) is 125 Å². The van der Waals surface area contributed by atoms with Crippen molar-refractivity contribution in [2.45, 2.75) is 43.9 Å². The average Bonchev–Trinajstić information content (AvgIpc) is 3.75. The van der Waals surface area contributed by atoms with Gasteiger partial charge in [-0.05, 0) is 29.7 Å². The zero-order valence-corrected chi connectivity index (χ0v) is 35.3. The Morgan fingerprint density at radius 1 is 0.811 bits per heavy atom. The second-order valence-corrected chi connectivity index (χ2v) is 25.1. The molecular weight excluding hydrogens is 887 g/mol. The maximum Gasteiger partial charge on any atom is 0 e. The third-order valence-corrected chi connectivity index (χ3v) is 13.9. The van der Waals surface area contributed by atoms with Gasteiger partial charge < -0.3 is 8.98 Å². The van der Waals surface area contributed by atoms with Crippen LogP contribution < -0.4 is 4.40 Å². The van der Waals surface area contributed by atoms with Crippen LogP contribution in [0, 0.1) is 19.1 Å². The van der Waals surface area contributed by atoms with Gasteiger partial charge in [0, 0.05) is 36.6 Å². The average molecular weight is 930 g/mol. The van der Waals surface area contributed by atoms with E-state index in [0.29, 0.717) is 0 Å². The van der Waals surface area contributed by atoms with Gasteiger partial charge in [-0.15, -0.1) is 17.7 Å². The van der Waals surface area contributed by atoms with Crippen molar-refractivity contribution < 1.29 is 25.9 Å². The Bertz CT molecular complexity index is 2760. The first-order chi connectivity index (χ1) is 25.5. The molecular formula is C47H41GeIrN3O-2. The molecule has 0 atom stereocenters. The number of aryl methyl sites for hydroxylation is 1. The third-order valence-electron chi connectivity index (χ3n) is 9.66. The molecule has 0 saturated heterocycles. The van der Waals surface area contributed by atoms with E-state index in [1.807, 2.05) is 68.6 Å². The number of para-hydroxylation sites is 2. The quantitative estimate of drug-likeness (QED) is 0.128. The Morgan fingerprint density at radius 3 is 2.26 bits per heavy atom. The summed E-state index contributed by atoms with van der Waals surface area (Å²) in [7, 11) is 0. The zero-order valence-electron chi connectivity index (χ0n) is 31.8. The molecule has 53 heavy (non-hydrogen) atoms. The van der Waals surface area contributed by atoms with Crippen LogP contribution in [0.25, 0.3) is 72.1 Å². The number of rotatable bonds is 5. The fraction of sp³-hybridized carbons (Fsp3) is 0.149. The minimum atomic E-state index is -2.03. The summed E-state index contributed by atoms with van der Waals surface area (Å²) in [6.07, 6.45) is 2.00. The van der Waals surface area contributed by atoms with E-state index in [9.17, 15) is 0 Å². The Labute approximate surface area is 329 Å². The van der Waals surface area contributed by atoms with E-state index >= 15 is 0 Å². The van der Waals surface area contributed by atoms with Crippen LogP contribution in [0.4, 0.5) is 0 Å². The molecule has 0 aliphatic heterocycles. The minimum Gasteiger partial charge on any atom is 0 e. The van der Waals surface area contributed by atoms with E-state index in [4.69, 9.17) is 10.8 Å². The summed E-state index contributed by atoms with van der Waals surface area (Å²) in [5, 5.41) is 4.60. The topological polar surface area (TPSA) is 43.9 Å². The van der Waals surface area contributed by atoms with Gasteiger partial charge in [-0.25, -0.2) is 0 Å². The first kappa shape index (κ1) is 35.2. The van der Waals surface area contributed by atoms with Gasteiger partial charge in [0.1, 0.15) is 5.58 Å². The van der Waals surface area contributed by atoms with Crippen molar-refractivity contribution in [3.05, 3.63) is 157 Å². The largest absolute Gasteiger partial charge is 0 e. The van der Waals surface area contributed by atoms with Crippen LogP contribution in [0.15, 0.2) is 138 Å². The second kappa shape index (κ2) is 14.9. The molecule has 0 fully saturated rings.